The summed E-state index contributed by atoms with van der Waals surface area (Å²) < 4.78 is 33.5. The maximum absolute atomic E-state index is 12.6. The second-order valence-corrected chi connectivity index (χ2v) is 9.72. The van der Waals surface area contributed by atoms with Gasteiger partial charge in [0.05, 0.1) is 11.5 Å². The number of hydrogen-bond donors (Lipinski definition) is 1. The van der Waals surface area contributed by atoms with Crippen molar-refractivity contribution in [2.24, 2.45) is 0 Å². The van der Waals surface area contributed by atoms with E-state index in [2.05, 4.69) is 27.8 Å². The van der Waals surface area contributed by atoms with Gasteiger partial charge in [0.25, 0.3) is 0 Å². The van der Waals surface area contributed by atoms with Crippen LogP contribution < -0.4 is 9.46 Å². The molecule has 2 aromatic rings. The molecule has 0 amide bonds. The third-order valence-electron chi connectivity index (χ3n) is 6.30. The summed E-state index contributed by atoms with van der Waals surface area (Å²) in [6.07, 6.45) is 5.05. The highest BCUT2D eigenvalue weighted by molar-refractivity contribution is 7.89. The standard InChI is InChI=1S/C22H26N2O3S/c25-28(26,19-6-8-21-18(15-19)10-14-27-21)23-11-2-12-24-13-9-17-4-1-3-16-5-7-20(24)22(16)17/h1,3-4,6,8,15,20,23H,2,5,7,9-14H2. The zero-order chi connectivity index (χ0) is 19.1. The van der Waals surface area contributed by atoms with Crippen molar-refractivity contribution in [3.05, 3.63) is 58.7 Å². The predicted molar refractivity (Wildman–Crippen MR) is 108 cm³/mol. The van der Waals surface area contributed by atoms with Crippen LogP contribution in [0.2, 0.25) is 0 Å². The molecule has 0 fully saturated rings. The van der Waals surface area contributed by atoms with E-state index < -0.39 is 10.0 Å². The van der Waals surface area contributed by atoms with Crippen molar-refractivity contribution in [1.82, 2.24) is 9.62 Å². The Balaban J connectivity index is 1.18. The van der Waals surface area contributed by atoms with Gasteiger partial charge in [-0.1, -0.05) is 18.2 Å². The molecule has 1 N–H and O–H groups in total. The monoisotopic (exact) mass is 398 g/mol. The number of nitrogens with one attached hydrogen (secondary N) is 1. The second-order valence-electron chi connectivity index (χ2n) is 7.95. The Hall–Kier alpha value is -1.89. The molecule has 2 aromatic carbocycles. The van der Waals surface area contributed by atoms with Crippen LogP contribution in [-0.4, -0.2) is 39.6 Å². The van der Waals surface area contributed by atoms with E-state index in [0.717, 1.165) is 43.7 Å². The number of nitrogens with zero attached hydrogens (tertiary/aromatic N) is 1. The third-order valence-corrected chi connectivity index (χ3v) is 7.76. The smallest absolute Gasteiger partial charge is 0.240 e. The van der Waals surface area contributed by atoms with Crippen molar-refractivity contribution in [1.29, 1.82) is 0 Å². The van der Waals surface area contributed by atoms with Crippen LogP contribution in [0.5, 0.6) is 5.75 Å². The lowest BCUT2D eigenvalue weighted by Crippen LogP contribution is -2.36. The number of hydrogen-bond acceptors (Lipinski definition) is 4. The van der Waals surface area contributed by atoms with Gasteiger partial charge in [-0.15, -0.1) is 0 Å². The lowest BCUT2D eigenvalue weighted by molar-refractivity contribution is 0.184. The molecule has 2 heterocycles. The van der Waals surface area contributed by atoms with Gasteiger partial charge in [0, 0.05) is 32.1 Å². The summed E-state index contributed by atoms with van der Waals surface area (Å²) in [7, 11) is -3.47. The van der Waals surface area contributed by atoms with E-state index in [4.69, 9.17) is 4.74 Å². The fourth-order valence-corrected chi connectivity index (χ4v) is 6.05. The minimum Gasteiger partial charge on any atom is -0.493 e. The molecule has 0 saturated heterocycles. The molecule has 28 heavy (non-hydrogen) atoms. The molecule has 1 unspecified atom stereocenters. The maximum Gasteiger partial charge on any atom is 0.240 e. The summed E-state index contributed by atoms with van der Waals surface area (Å²) in [6.45, 7) is 3.10. The number of ether oxygens (including phenoxy) is 1. The minimum atomic E-state index is -3.47. The number of aryl methyl sites for hydroxylation is 1. The Bertz CT molecular complexity index is 1000. The lowest BCUT2D eigenvalue weighted by atomic mass is 9.93. The summed E-state index contributed by atoms with van der Waals surface area (Å²) >= 11 is 0. The van der Waals surface area contributed by atoms with Gasteiger partial charge >= 0.3 is 0 Å². The van der Waals surface area contributed by atoms with Crippen LogP contribution in [-0.2, 0) is 29.3 Å². The fraction of sp³-hybridized carbons (Fsp3) is 0.455. The van der Waals surface area contributed by atoms with Crippen LogP contribution in [0.25, 0.3) is 0 Å². The molecule has 0 radical (unpaired) electrons. The van der Waals surface area contributed by atoms with Crippen LogP contribution in [0, 0.1) is 0 Å². The number of benzene rings is 2. The molecule has 148 valence electrons. The predicted octanol–water partition coefficient (Wildman–Crippen LogP) is 2.84. The molecule has 0 spiro atoms. The van der Waals surface area contributed by atoms with Crippen LogP contribution in [0.1, 0.15) is 41.1 Å². The SMILES string of the molecule is O=S(=O)(NCCCN1CCc2cccc3c2C1CC3)c1ccc2c(c1)CCO2. The van der Waals surface area contributed by atoms with E-state index in [-0.39, 0.29) is 0 Å². The molecule has 6 heteroatoms. The van der Waals surface area contributed by atoms with Gasteiger partial charge in [-0.25, -0.2) is 13.1 Å². The summed E-state index contributed by atoms with van der Waals surface area (Å²) in [5.74, 6) is 0.806. The van der Waals surface area contributed by atoms with Crippen LogP contribution in [0.15, 0.2) is 41.3 Å². The van der Waals surface area contributed by atoms with E-state index in [1.807, 2.05) is 0 Å². The van der Waals surface area contributed by atoms with E-state index in [1.165, 1.54) is 24.0 Å². The van der Waals surface area contributed by atoms with Gasteiger partial charge in [0.1, 0.15) is 5.75 Å². The molecule has 5 nitrogen and oxygen atoms in total. The lowest BCUT2D eigenvalue weighted by Gasteiger charge is -2.35. The van der Waals surface area contributed by atoms with E-state index in [9.17, 15) is 8.42 Å². The highest BCUT2D eigenvalue weighted by Gasteiger charge is 2.32. The Morgan fingerprint density at radius 3 is 2.82 bits per heavy atom. The van der Waals surface area contributed by atoms with Crippen molar-refractivity contribution in [3.63, 3.8) is 0 Å². The molecular weight excluding hydrogens is 372 g/mol. The molecule has 1 aliphatic carbocycles. The Labute approximate surface area is 166 Å². The minimum absolute atomic E-state index is 0.337. The zero-order valence-electron chi connectivity index (χ0n) is 16.0. The van der Waals surface area contributed by atoms with Crippen molar-refractivity contribution >= 4 is 10.0 Å². The number of sulfonamides is 1. The zero-order valence-corrected chi connectivity index (χ0v) is 16.8. The topological polar surface area (TPSA) is 58.6 Å². The van der Waals surface area contributed by atoms with E-state index >= 15 is 0 Å². The molecule has 5 rings (SSSR count). The second kappa shape index (κ2) is 7.17. The molecule has 3 aliphatic rings. The number of fused-ring (bicyclic) bond motifs is 1. The summed E-state index contributed by atoms with van der Waals surface area (Å²) in [4.78, 5) is 2.88. The van der Waals surface area contributed by atoms with Gasteiger partial charge in [0.2, 0.25) is 10.0 Å². The van der Waals surface area contributed by atoms with E-state index in [1.54, 1.807) is 23.8 Å². The first-order chi connectivity index (χ1) is 13.6. The summed E-state index contributed by atoms with van der Waals surface area (Å²) in [5.41, 5.74) is 5.55. The highest BCUT2D eigenvalue weighted by atomic mass is 32.2. The van der Waals surface area contributed by atoms with Gasteiger partial charge in [0.15, 0.2) is 0 Å². The third kappa shape index (κ3) is 3.23. The van der Waals surface area contributed by atoms with Gasteiger partial charge in [-0.05, 0) is 66.1 Å². The van der Waals surface area contributed by atoms with Crippen LogP contribution >= 0.6 is 0 Å². The molecule has 2 aliphatic heterocycles. The maximum atomic E-state index is 12.6. The summed E-state index contributed by atoms with van der Waals surface area (Å²) in [6, 6.07) is 12.4. The first-order valence-electron chi connectivity index (χ1n) is 10.2. The van der Waals surface area contributed by atoms with Gasteiger partial charge in [-0.3, -0.25) is 4.90 Å². The largest absolute Gasteiger partial charge is 0.493 e. The highest BCUT2D eigenvalue weighted by Crippen LogP contribution is 2.41. The normalized spacial score (nSPS) is 20.6. The molecule has 0 aromatic heterocycles. The summed E-state index contributed by atoms with van der Waals surface area (Å²) in [5, 5.41) is 0. The van der Waals surface area contributed by atoms with Crippen molar-refractivity contribution in [2.45, 2.75) is 43.0 Å². The van der Waals surface area contributed by atoms with Crippen LogP contribution in [0.3, 0.4) is 0 Å². The fourth-order valence-electron chi connectivity index (χ4n) is 4.92. The number of rotatable bonds is 6. The molecular formula is C22H26N2O3S. The van der Waals surface area contributed by atoms with Gasteiger partial charge in [-0.2, -0.15) is 0 Å². The average Bonchev–Trinajstić information content (AvgIpc) is 3.34. The molecule has 1 atom stereocenters. The van der Waals surface area contributed by atoms with E-state index in [0.29, 0.717) is 24.1 Å². The Kier molecular flexibility index (Phi) is 4.65. The Morgan fingerprint density at radius 2 is 1.93 bits per heavy atom. The first-order valence-corrected chi connectivity index (χ1v) is 11.7. The quantitative estimate of drug-likeness (QED) is 0.761. The van der Waals surface area contributed by atoms with Crippen molar-refractivity contribution in [3.8, 4) is 5.75 Å². The Morgan fingerprint density at radius 1 is 1.07 bits per heavy atom. The van der Waals surface area contributed by atoms with Crippen molar-refractivity contribution in [2.75, 3.05) is 26.2 Å². The molecule has 0 saturated carbocycles. The van der Waals surface area contributed by atoms with Crippen LogP contribution in [0.4, 0.5) is 0 Å². The first kappa shape index (κ1) is 18.2. The van der Waals surface area contributed by atoms with Crippen molar-refractivity contribution < 1.29 is 13.2 Å². The van der Waals surface area contributed by atoms with Gasteiger partial charge < -0.3 is 4.74 Å². The molecule has 0 bridgehead atoms. The average molecular weight is 399 g/mol.